The second-order valence-electron chi connectivity index (χ2n) is 8.69. The van der Waals surface area contributed by atoms with Crippen LogP contribution in [0.25, 0.3) is 17.7 Å². The summed E-state index contributed by atoms with van der Waals surface area (Å²) >= 11 is 0. The van der Waals surface area contributed by atoms with Gasteiger partial charge in [-0.05, 0) is 51.0 Å². The predicted molar refractivity (Wildman–Crippen MR) is 136 cm³/mol. The van der Waals surface area contributed by atoms with E-state index in [4.69, 9.17) is 4.98 Å². The molecule has 0 aliphatic heterocycles. The summed E-state index contributed by atoms with van der Waals surface area (Å²) in [6, 6.07) is 0.131. The maximum atomic E-state index is 5.03. The number of hydrogen-bond acceptors (Lipinski definition) is 3. The van der Waals surface area contributed by atoms with Crippen LogP contribution in [0.2, 0.25) is 0 Å². The third-order valence-electron chi connectivity index (χ3n) is 6.26. The largest absolute Gasteiger partial charge is 0.377 e. The van der Waals surface area contributed by atoms with Crippen molar-refractivity contribution in [3.63, 3.8) is 0 Å². The standard InChI is InChI=1S/C27H39N5/c1-8-15-32-18-25(30-26(32)9-2)27(29-19(4)16-20(5)31(7)10-3)21(6)23-17-28-24-14-12-11-13-22(23)24/h10,13-14,16-18,20,27-29H,3,6,8-9,11-12,15H2,1-2,4-5,7H3/b19-16+. The minimum absolute atomic E-state index is 0.105. The van der Waals surface area contributed by atoms with Crippen LogP contribution in [0, 0.1) is 0 Å². The van der Waals surface area contributed by atoms with E-state index >= 15 is 0 Å². The van der Waals surface area contributed by atoms with Gasteiger partial charge in [0.15, 0.2) is 0 Å². The van der Waals surface area contributed by atoms with Gasteiger partial charge in [0.1, 0.15) is 5.82 Å². The maximum absolute atomic E-state index is 5.03. The highest BCUT2D eigenvalue weighted by atomic mass is 15.1. The summed E-state index contributed by atoms with van der Waals surface area (Å²) in [4.78, 5) is 10.6. The summed E-state index contributed by atoms with van der Waals surface area (Å²) in [5, 5.41) is 6.19. The number of likely N-dealkylation sites (N-methyl/N-ethyl adjacent to an activating group) is 1. The van der Waals surface area contributed by atoms with Gasteiger partial charge in [0.25, 0.3) is 0 Å². The van der Waals surface area contributed by atoms with Crippen LogP contribution in [-0.4, -0.2) is 32.5 Å². The lowest BCUT2D eigenvalue weighted by molar-refractivity contribution is 0.406. The van der Waals surface area contributed by atoms with E-state index in [1.807, 2.05) is 13.2 Å². The SMILES string of the molecule is C=CN(C)C(C)/C=C(\C)NC(C(=C)c1c[nH]c2c1=CCCC=2)c1cn(CCC)c(CC)n1. The van der Waals surface area contributed by atoms with E-state index in [9.17, 15) is 0 Å². The number of allylic oxidation sites excluding steroid dienone is 1. The zero-order valence-corrected chi connectivity index (χ0v) is 20.4. The molecule has 1 aliphatic rings. The van der Waals surface area contributed by atoms with E-state index in [1.54, 1.807) is 0 Å². The number of nitrogens with one attached hydrogen (secondary N) is 2. The molecule has 0 amide bonds. The highest BCUT2D eigenvalue weighted by molar-refractivity contribution is 5.70. The topological polar surface area (TPSA) is 48.9 Å². The van der Waals surface area contributed by atoms with E-state index in [1.165, 1.54) is 16.1 Å². The second-order valence-corrected chi connectivity index (χ2v) is 8.69. The van der Waals surface area contributed by atoms with Gasteiger partial charge in [-0.2, -0.15) is 0 Å². The smallest absolute Gasteiger partial charge is 0.108 e. The molecule has 2 aromatic heterocycles. The molecule has 2 N–H and O–H groups in total. The summed E-state index contributed by atoms with van der Waals surface area (Å²) in [7, 11) is 2.04. The van der Waals surface area contributed by atoms with Crippen molar-refractivity contribution >= 4 is 17.7 Å². The summed E-state index contributed by atoms with van der Waals surface area (Å²) in [6.45, 7) is 18.1. The Morgan fingerprint density at radius 3 is 2.78 bits per heavy atom. The molecule has 2 atom stereocenters. The zero-order valence-electron chi connectivity index (χ0n) is 20.4. The normalized spacial score (nSPS) is 15.2. The predicted octanol–water partition coefficient (Wildman–Crippen LogP) is 4.25. The molecule has 3 rings (SSSR count). The third kappa shape index (κ3) is 5.09. The molecular formula is C27H39N5. The van der Waals surface area contributed by atoms with Crippen LogP contribution in [0.4, 0.5) is 0 Å². The molecule has 0 saturated heterocycles. The molecule has 1 aliphatic carbocycles. The number of rotatable bonds is 11. The van der Waals surface area contributed by atoms with Gasteiger partial charge in [-0.15, -0.1) is 0 Å². The number of imidazole rings is 1. The number of nitrogens with zero attached hydrogens (tertiary/aromatic N) is 3. The first kappa shape index (κ1) is 23.7. The van der Waals surface area contributed by atoms with Gasteiger partial charge in [0.05, 0.1) is 11.7 Å². The monoisotopic (exact) mass is 433 g/mol. The number of aromatic nitrogens is 3. The molecule has 5 heteroatoms. The Balaban J connectivity index is 2.02. The molecule has 0 spiro atoms. The molecule has 0 bridgehead atoms. The van der Waals surface area contributed by atoms with Crippen LogP contribution in [-0.2, 0) is 13.0 Å². The fourth-order valence-electron chi connectivity index (χ4n) is 4.31. The minimum Gasteiger partial charge on any atom is -0.377 e. The van der Waals surface area contributed by atoms with E-state index in [2.05, 4.69) is 91.2 Å². The Morgan fingerprint density at radius 1 is 1.34 bits per heavy atom. The quantitative estimate of drug-likeness (QED) is 0.557. The van der Waals surface area contributed by atoms with Crippen molar-refractivity contribution in [2.24, 2.45) is 0 Å². The van der Waals surface area contributed by atoms with Gasteiger partial charge in [-0.3, -0.25) is 0 Å². The van der Waals surface area contributed by atoms with Crippen LogP contribution >= 0.6 is 0 Å². The Hall–Kier alpha value is -2.95. The molecule has 5 nitrogen and oxygen atoms in total. The van der Waals surface area contributed by atoms with Crippen LogP contribution in [0.3, 0.4) is 0 Å². The fourth-order valence-corrected chi connectivity index (χ4v) is 4.31. The van der Waals surface area contributed by atoms with Crippen molar-refractivity contribution in [2.75, 3.05) is 7.05 Å². The lowest BCUT2D eigenvalue weighted by atomic mass is 9.97. The fraction of sp³-hybridized carbons (Fsp3) is 0.444. The van der Waals surface area contributed by atoms with Crippen molar-refractivity contribution in [1.29, 1.82) is 0 Å². The van der Waals surface area contributed by atoms with Crippen LogP contribution in [0.1, 0.15) is 70.1 Å². The highest BCUT2D eigenvalue weighted by Crippen LogP contribution is 2.28. The first-order valence-corrected chi connectivity index (χ1v) is 11.8. The van der Waals surface area contributed by atoms with Crippen molar-refractivity contribution in [2.45, 2.75) is 72.0 Å². The van der Waals surface area contributed by atoms with Crippen molar-refractivity contribution in [1.82, 2.24) is 24.8 Å². The van der Waals surface area contributed by atoms with Gasteiger partial charge in [-0.25, -0.2) is 4.98 Å². The summed E-state index contributed by atoms with van der Waals surface area (Å²) in [5.74, 6) is 1.12. The van der Waals surface area contributed by atoms with Crippen LogP contribution < -0.4 is 15.9 Å². The van der Waals surface area contributed by atoms with Gasteiger partial charge in [0, 0.05) is 60.3 Å². The first-order chi connectivity index (χ1) is 15.4. The third-order valence-corrected chi connectivity index (χ3v) is 6.26. The molecule has 0 aromatic carbocycles. The Labute approximate surface area is 192 Å². The van der Waals surface area contributed by atoms with Gasteiger partial charge < -0.3 is 19.8 Å². The Morgan fingerprint density at radius 2 is 2.09 bits per heavy atom. The lowest BCUT2D eigenvalue weighted by Gasteiger charge is -2.24. The summed E-state index contributed by atoms with van der Waals surface area (Å²) in [6.07, 6.45) is 17.1. The Kier molecular flexibility index (Phi) is 7.84. The van der Waals surface area contributed by atoms with Crippen molar-refractivity contribution in [3.8, 4) is 0 Å². The number of aromatic amines is 1. The molecule has 0 fully saturated rings. The summed E-state index contributed by atoms with van der Waals surface area (Å²) < 4.78 is 2.29. The van der Waals surface area contributed by atoms with E-state index in [-0.39, 0.29) is 12.1 Å². The molecule has 0 radical (unpaired) electrons. The minimum atomic E-state index is -0.105. The zero-order chi connectivity index (χ0) is 23.3. The number of aryl methyl sites for hydroxylation is 2. The van der Waals surface area contributed by atoms with E-state index in [0.29, 0.717) is 0 Å². The molecule has 2 unspecified atom stereocenters. The second kappa shape index (κ2) is 10.6. The Bertz CT molecular complexity index is 1100. The molecule has 2 heterocycles. The van der Waals surface area contributed by atoms with Crippen LogP contribution in [0.15, 0.2) is 43.5 Å². The van der Waals surface area contributed by atoms with Gasteiger partial charge in [-0.1, -0.05) is 39.2 Å². The van der Waals surface area contributed by atoms with Crippen molar-refractivity contribution in [3.05, 3.63) is 71.2 Å². The van der Waals surface area contributed by atoms with Crippen molar-refractivity contribution < 1.29 is 0 Å². The molecule has 32 heavy (non-hydrogen) atoms. The average molecular weight is 434 g/mol. The summed E-state index contributed by atoms with van der Waals surface area (Å²) in [5.41, 5.74) is 4.32. The van der Waals surface area contributed by atoms with Crippen LogP contribution in [0.5, 0.6) is 0 Å². The number of H-pyrrole nitrogens is 1. The van der Waals surface area contributed by atoms with Gasteiger partial charge in [0.2, 0.25) is 0 Å². The molecule has 172 valence electrons. The van der Waals surface area contributed by atoms with Gasteiger partial charge >= 0.3 is 0 Å². The average Bonchev–Trinajstić information content (AvgIpc) is 3.40. The molecule has 0 saturated carbocycles. The highest BCUT2D eigenvalue weighted by Gasteiger charge is 2.23. The van der Waals surface area contributed by atoms with E-state index in [0.717, 1.165) is 55.0 Å². The maximum Gasteiger partial charge on any atom is 0.108 e. The lowest BCUT2D eigenvalue weighted by Crippen LogP contribution is -2.30. The molecular weight excluding hydrogens is 394 g/mol. The first-order valence-electron chi connectivity index (χ1n) is 11.8. The number of fused-ring (bicyclic) bond motifs is 1. The molecule has 2 aromatic rings. The van der Waals surface area contributed by atoms with E-state index < -0.39 is 0 Å². The number of hydrogen-bond donors (Lipinski definition) is 2.